The fourth-order valence-corrected chi connectivity index (χ4v) is 1.45. The highest BCUT2D eigenvalue weighted by Crippen LogP contribution is 2.19. The molecule has 0 saturated heterocycles. The van der Waals surface area contributed by atoms with Crippen molar-refractivity contribution >= 4 is 39.1 Å². The average Bonchev–Trinajstić information content (AvgIpc) is 2.12. The predicted octanol–water partition coefficient (Wildman–Crippen LogP) is 2.77. The summed E-state index contributed by atoms with van der Waals surface area (Å²) < 4.78 is 0. The second-order valence-corrected chi connectivity index (χ2v) is 3.99. The average molecular weight is 278 g/mol. The van der Waals surface area contributed by atoms with E-state index in [4.69, 9.17) is 11.6 Å². The molecule has 0 aromatic carbocycles. The van der Waals surface area contributed by atoms with Gasteiger partial charge in [-0.2, -0.15) is 0 Å². The van der Waals surface area contributed by atoms with Crippen LogP contribution in [-0.4, -0.2) is 16.2 Å². The highest BCUT2D eigenvalue weighted by atomic mass is 79.9. The van der Waals surface area contributed by atoms with E-state index in [2.05, 4.69) is 26.2 Å². The third kappa shape index (κ3) is 3.27. The molecule has 3 nitrogen and oxygen atoms in total. The maximum Gasteiger partial charge on any atom is 0.225 e. The standard InChI is InChI=1S/C9H10BrClN2O/c1-6-4-7(9(11)12-5-6)13-8(14)2-3-10/h4-5H,2-3H2,1H3,(H,13,14). The number of aromatic nitrogens is 1. The van der Waals surface area contributed by atoms with E-state index in [1.807, 2.05) is 6.92 Å². The Morgan fingerprint density at radius 3 is 3.07 bits per heavy atom. The van der Waals surface area contributed by atoms with Crippen molar-refractivity contribution in [3.05, 3.63) is 23.0 Å². The Kier molecular flexibility index (Phi) is 4.35. The molecule has 1 N–H and O–H groups in total. The van der Waals surface area contributed by atoms with Gasteiger partial charge in [0.1, 0.15) is 0 Å². The van der Waals surface area contributed by atoms with Gasteiger partial charge in [0, 0.05) is 17.9 Å². The number of anilines is 1. The van der Waals surface area contributed by atoms with Crippen LogP contribution in [-0.2, 0) is 4.79 Å². The van der Waals surface area contributed by atoms with Crippen LogP contribution < -0.4 is 5.32 Å². The summed E-state index contributed by atoms with van der Waals surface area (Å²) in [5.41, 5.74) is 1.53. The van der Waals surface area contributed by atoms with E-state index in [1.54, 1.807) is 12.3 Å². The van der Waals surface area contributed by atoms with E-state index in [0.29, 0.717) is 22.6 Å². The highest BCUT2D eigenvalue weighted by Gasteiger charge is 2.05. The van der Waals surface area contributed by atoms with Crippen LogP contribution in [0.1, 0.15) is 12.0 Å². The van der Waals surface area contributed by atoms with Gasteiger partial charge in [-0.15, -0.1) is 0 Å². The van der Waals surface area contributed by atoms with Crippen LogP contribution in [0.4, 0.5) is 5.69 Å². The number of alkyl halides is 1. The number of amides is 1. The summed E-state index contributed by atoms with van der Waals surface area (Å²) in [4.78, 5) is 15.2. The molecule has 0 radical (unpaired) electrons. The van der Waals surface area contributed by atoms with Gasteiger partial charge in [0.25, 0.3) is 0 Å². The molecule has 0 aliphatic carbocycles. The molecule has 1 aromatic rings. The lowest BCUT2D eigenvalue weighted by Crippen LogP contribution is -2.12. The van der Waals surface area contributed by atoms with Crippen molar-refractivity contribution in [2.24, 2.45) is 0 Å². The van der Waals surface area contributed by atoms with Gasteiger partial charge < -0.3 is 5.32 Å². The number of aryl methyl sites for hydroxylation is 1. The molecular formula is C9H10BrClN2O. The van der Waals surface area contributed by atoms with Gasteiger partial charge in [0.2, 0.25) is 5.91 Å². The first-order valence-corrected chi connectivity index (χ1v) is 5.61. The monoisotopic (exact) mass is 276 g/mol. The molecule has 0 atom stereocenters. The van der Waals surface area contributed by atoms with Gasteiger partial charge in [-0.25, -0.2) is 4.98 Å². The number of carbonyl (C=O) groups excluding carboxylic acids is 1. The zero-order valence-electron chi connectivity index (χ0n) is 7.68. The maximum atomic E-state index is 11.2. The van der Waals surface area contributed by atoms with Crippen molar-refractivity contribution in [3.63, 3.8) is 0 Å². The third-order valence-electron chi connectivity index (χ3n) is 1.57. The first kappa shape index (κ1) is 11.5. The van der Waals surface area contributed by atoms with Crippen LogP contribution in [0.25, 0.3) is 0 Å². The van der Waals surface area contributed by atoms with E-state index in [-0.39, 0.29) is 5.91 Å². The van der Waals surface area contributed by atoms with E-state index >= 15 is 0 Å². The van der Waals surface area contributed by atoms with Crippen LogP contribution in [0, 0.1) is 6.92 Å². The van der Waals surface area contributed by atoms with E-state index in [0.717, 1.165) is 5.56 Å². The fraction of sp³-hybridized carbons (Fsp3) is 0.333. The van der Waals surface area contributed by atoms with Crippen molar-refractivity contribution in [2.75, 3.05) is 10.6 Å². The van der Waals surface area contributed by atoms with Crippen LogP contribution >= 0.6 is 27.5 Å². The first-order chi connectivity index (χ1) is 6.63. The molecule has 0 fully saturated rings. The van der Waals surface area contributed by atoms with Crippen LogP contribution in [0.3, 0.4) is 0 Å². The molecule has 14 heavy (non-hydrogen) atoms. The molecule has 5 heteroatoms. The zero-order valence-corrected chi connectivity index (χ0v) is 10.0. The van der Waals surface area contributed by atoms with Crippen LogP contribution in [0.5, 0.6) is 0 Å². The summed E-state index contributed by atoms with van der Waals surface area (Å²) in [5.74, 6) is -0.0730. The second-order valence-electron chi connectivity index (χ2n) is 2.84. The minimum absolute atomic E-state index is 0.0730. The number of carbonyl (C=O) groups is 1. The van der Waals surface area contributed by atoms with Crippen molar-refractivity contribution < 1.29 is 4.79 Å². The van der Waals surface area contributed by atoms with E-state index < -0.39 is 0 Å². The number of hydrogen-bond donors (Lipinski definition) is 1. The van der Waals surface area contributed by atoms with Crippen molar-refractivity contribution in [3.8, 4) is 0 Å². The number of halogens is 2. The normalized spacial score (nSPS) is 9.93. The van der Waals surface area contributed by atoms with Crippen molar-refractivity contribution in [1.29, 1.82) is 0 Å². The number of hydrogen-bond acceptors (Lipinski definition) is 2. The molecule has 1 aromatic heterocycles. The molecule has 0 spiro atoms. The Morgan fingerprint density at radius 1 is 1.71 bits per heavy atom. The summed E-state index contributed by atoms with van der Waals surface area (Å²) in [6.45, 7) is 1.89. The molecule has 1 rings (SSSR count). The molecule has 1 heterocycles. The topological polar surface area (TPSA) is 42.0 Å². The summed E-state index contributed by atoms with van der Waals surface area (Å²) in [7, 11) is 0. The largest absolute Gasteiger partial charge is 0.323 e. The van der Waals surface area contributed by atoms with Crippen LogP contribution in [0.15, 0.2) is 12.3 Å². The molecule has 0 unspecified atom stereocenters. The Labute approximate surface area is 96.0 Å². The van der Waals surface area contributed by atoms with Gasteiger partial charge in [-0.05, 0) is 18.6 Å². The molecule has 0 aliphatic rings. The van der Waals surface area contributed by atoms with E-state index in [9.17, 15) is 4.79 Å². The number of pyridine rings is 1. The predicted molar refractivity (Wildman–Crippen MR) is 61.0 cm³/mol. The number of nitrogens with zero attached hydrogens (tertiary/aromatic N) is 1. The zero-order chi connectivity index (χ0) is 10.6. The molecule has 0 saturated carbocycles. The maximum absolute atomic E-state index is 11.2. The summed E-state index contributed by atoms with van der Waals surface area (Å²) in [5, 5.41) is 3.64. The minimum Gasteiger partial charge on any atom is -0.323 e. The molecule has 76 valence electrons. The highest BCUT2D eigenvalue weighted by molar-refractivity contribution is 9.09. The quantitative estimate of drug-likeness (QED) is 0.682. The van der Waals surface area contributed by atoms with Gasteiger partial charge in [0.05, 0.1) is 5.69 Å². The molecule has 0 aliphatic heterocycles. The van der Waals surface area contributed by atoms with Gasteiger partial charge in [0.15, 0.2) is 5.15 Å². The van der Waals surface area contributed by atoms with Gasteiger partial charge >= 0.3 is 0 Å². The number of rotatable bonds is 3. The van der Waals surface area contributed by atoms with Gasteiger partial charge in [-0.3, -0.25) is 4.79 Å². The van der Waals surface area contributed by atoms with Crippen LogP contribution in [0.2, 0.25) is 5.15 Å². The fourth-order valence-electron chi connectivity index (χ4n) is 0.939. The lowest BCUT2D eigenvalue weighted by atomic mass is 10.3. The van der Waals surface area contributed by atoms with Gasteiger partial charge in [-0.1, -0.05) is 27.5 Å². The molecule has 0 bridgehead atoms. The Morgan fingerprint density at radius 2 is 2.43 bits per heavy atom. The summed E-state index contributed by atoms with van der Waals surface area (Å²) in [6, 6.07) is 1.79. The summed E-state index contributed by atoms with van der Waals surface area (Å²) >= 11 is 8.99. The smallest absolute Gasteiger partial charge is 0.225 e. The lowest BCUT2D eigenvalue weighted by Gasteiger charge is -2.06. The number of nitrogens with one attached hydrogen (secondary N) is 1. The Hall–Kier alpha value is -0.610. The first-order valence-electron chi connectivity index (χ1n) is 4.11. The second kappa shape index (κ2) is 5.32. The summed E-state index contributed by atoms with van der Waals surface area (Å²) in [6.07, 6.45) is 2.08. The van der Waals surface area contributed by atoms with Crippen molar-refractivity contribution in [2.45, 2.75) is 13.3 Å². The lowest BCUT2D eigenvalue weighted by molar-refractivity contribution is -0.115. The SMILES string of the molecule is Cc1cnc(Cl)c(NC(=O)CCBr)c1. The molecule has 1 amide bonds. The Bertz CT molecular complexity index is 344. The Balaban J connectivity index is 2.75. The van der Waals surface area contributed by atoms with Crippen molar-refractivity contribution in [1.82, 2.24) is 4.98 Å². The van der Waals surface area contributed by atoms with E-state index in [1.165, 1.54) is 0 Å². The minimum atomic E-state index is -0.0730. The molecular weight excluding hydrogens is 267 g/mol. The third-order valence-corrected chi connectivity index (χ3v) is 2.27.